The van der Waals surface area contributed by atoms with E-state index >= 15 is 0 Å². The van der Waals surface area contributed by atoms with E-state index in [2.05, 4.69) is 15.4 Å². The van der Waals surface area contributed by atoms with Crippen LogP contribution in [0.5, 0.6) is 0 Å². The van der Waals surface area contributed by atoms with Gasteiger partial charge in [0.25, 0.3) is 0 Å². The summed E-state index contributed by atoms with van der Waals surface area (Å²) in [4.78, 5) is 25.8. The van der Waals surface area contributed by atoms with E-state index in [0.717, 1.165) is 4.88 Å². The summed E-state index contributed by atoms with van der Waals surface area (Å²) >= 11 is 1.52. The van der Waals surface area contributed by atoms with Crippen molar-refractivity contribution >= 4 is 23.1 Å². The molecule has 8 heteroatoms. The molecule has 2 heterocycles. The van der Waals surface area contributed by atoms with Gasteiger partial charge in [0, 0.05) is 5.56 Å². The molecule has 0 saturated carbocycles. The molecule has 0 unspecified atom stereocenters. The third-order valence-corrected chi connectivity index (χ3v) is 4.04. The Kier molecular flexibility index (Phi) is 5.07. The molecule has 2 aromatic heterocycles. The minimum atomic E-state index is -0.478. The molecule has 0 bridgehead atoms. The molecule has 0 N–H and O–H groups in total. The van der Waals surface area contributed by atoms with E-state index in [9.17, 15) is 9.59 Å². The van der Waals surface area contributed by atoms with E-state index in [1.165, 1.54) is 16.1 Å². The molecule has 0 radical (unpaired) electrons. The van der Waals surface area contributed by atoms with Gasteiger partial charge < -0.3 is 4.74 Å². The Balaban J connectivity index is 1.45. The number of nitrogens with zero attached hydrogens (tertiary/aromatic N) is 4. The van der Waals surface area contributed by atoms with Crippen LogP contribution in [0.25, 0.3) is 10.7 Å². The van der Waals surface area contributed by atoms with Crippen molar-refractivity contribution in [3.8, 4) is 10.7 Å². The Labute approximate surface area is 141 Å². The third-order valence-electron chi connectivity index (χ3n) is 3.17. The number of tetrazole rings is 1. The lowest BCUT2D eigenvalue weighted by Crippen LogP contribution is -2.16. The second-order valence-electron chi connectivity index (χ2n) is 4.89. The van der Waals surface area contributed by atoms with Gasteiger partial charge in [-0.1, -0.05) is 36.4 Å². The smallest absolute Gasteiger partial charge is 0.308 e. The highest BCUT2D eigenvalue weighted by Crippen LogP contribution is 2.19. The number of Topliss-reactive ketones (excluding diaryl/α,β-unsaturated/α-hetero) is 1. The van der Waals surface area contributed by atoms with Crippen LogP contribution in [0.2, 0.25) is 0 Å². The summed E-state index contributed by atoms with van der Waals surface area (Å²) in [5, 5.41) is 14.0. The lowest BCUT2D eigenvalue weighted by molar-refractivity contribution is -0.142. The Morgan fingerprint density at radius 3 is 2.71 bits per heavy atom. The predicted octanol–water partition coefficient (Wildman–Crippen LogP) is 2.22. The van der Waals surface area contributed by atoms with Gasteiger partial charge >= 0.3 is 5.97 Å². The van der Waals surface area contributed by atoms with Gasteiger partial charge in [-0.3, -0.25) is 9.59 Å². The fraction of sp³-hybridized carbons (Fsp3) is 0.188. The number of rotatable bonds is 7. The zero-order valence-corrected chi connectivity index (χ0v) is 13.5. The monoisotopic (exact) mass is 342 g/mol. The number of aryl methyl sites for hydroxylation is 1. The minimum absolute atomic E-state index is 0.0717. The second-order valence-corrected chi connectivity index (χ2v) is 5.83. The van der Waals surface area contributed by atoms with Crippen molar-refractivity contribution in [3.63, 3.8) is 0 Å². The van der Waals surface area contributed by atoms with Crippen molar-refractivity contribution in [2.75, 3.05) is 6.61 Å². The van der Waals surface area contributed by atoms with Gasteiger partial charge in [-0.2, -0.15) is 4.80 Å². The minimum Gasteiger partial charge on any atom is -0.457 e. The first kappa shape index (κ1) is 16.0. The topological polar surface area (TPSA) is 87.0 Å². The number of thiophene rings is 1. The molecule has 0 fully saturated rings. The van der Waals surface area contributed by atoms with Crippen molar-refractivity contribution in [3.05, 3.63) is 53.4 Å². The van der Waals surface area contributed by atoms with Crippen molar-refractivity contribution in [1.82, 2.24) is 20.2 Å². The van der Waals surface area contributed by atoms with Crippen LogP contribution in [0.15, 0.2) is 47.8 Å². The van der Waals surface area contributed by atoms with Crippen LogP contribution < -0.4 is 0 Å². The first-order valence-electron chi connectivity index (χ1n) is 7.28. The first-order valence-corrected chi connectivity index (χ1v) is 8.16. The summed E-state index contributed by atoms with van der Waals surface area (Å²) in [7, 11) is 0. The molecule has 0 spiro atoms. The van der Waals surface area contributed by atoms with Crippen molar-refractivity contribution < 1.29 is 14.3 Å². The molecule has 24 heavy (non-hydrogen) atoms. The van der Waals surface area contributed by atoms with Crippen LogP contribution in [0.1, 0.15) is 16.8 Å². The Morgan fingerprint density at radius 1 is 1.12 bits per heavy atom. The lowest BCUT2D eigenvalue weighted by Gasteiger charge is -2.04. The molecule has 1 aromatic carbocycles. The quantitative estimate of drug-likeness (QED) is 0.483. The molecule has 3 aromatic rings. The highest BCUT2D eigenvalue weighted by atomic mass is 32.1. The average molecular weight is 342 g/mol. The number of carbonyl (C=O) groups excluding carboxylic acids is 2. The van der Waals surface area contributed by atoms with Gasteiger partial charge in [0.05, 0.1) is 17.8 Å². The van der Waals surface area contributed by atoms with E-state index in [4.69, 9.17) is 4.74 Å². The maximum Gasteiger partial charge on any atom is 0.308 e. The molecule has 122 valence electrons. The van der Waals surface area contributed by atoms with Gasteiger partial charge in [-0.15, -0.1) is 21.5 Å². The molecule has 3 rings (SSSR count). The van der Waals surface area contributed by atoms with E-state index < -0.39 is 5.97 Å². The Morgan fingerprint density at radius 2 is 1.96 bits per heavy atom. The molecule has 0 aliphatic carbocycles. The van der Waals surface area contributed by atoms with Gasteiger partial charge in [0.2, 0.25) is 5.82 Å². The van der Waals surface area contributed by atoms with Crippen molar-refractivity contribution in [1.29, 1.82) is 0 Å². The Bertz CT molecular complexity index is 815. The normalized spacial score (nSPS) is 10.5. The first-order chi connectivity index (χ1) is 11.7. The van der Waals surface area contributed by atoms with Gasteiger partial charge in [0.15, 0.2) is 12.4 Å². The van der Waals surface area contributed by atoms with E-state index in [1.54, 1.807) is 24.3 Å². The molecular formula is C16H14N4O3S. The number of benzene rings is 1. The van der Waals surface area contributed by atoms with Crippen LogP contribution in [-0.4, -0.2) is 38.6 Å². The second kappa shape index (κ2) is 7.60. The average Bonchev–Trinajstić information content (AvgIpc) is 3.29. The summed E-state index contributed by atoms with van der Waals surface area (Å²) in [6, 6.07) is 12.5. The van der Waals surface area contributed by atoms with E-state index in [0.29, 0.717) is 11.4 Å². The standard InChI is InChI=1S/C16H14N4O3S/c21-13(12-5-2-1-3-6-12)11-23-15(22)8-9-20-18-16(17-19-20)14-7-4-10-24-14/h1-7,10H,8-9,11H2. The summed E-state index contributed by atoms with van der Waals surface area (Å²) in [6.07, 6.45) is 0.0717. The molecule has 0 aliphatic rings. The predicted molar refractivity (Wildman–Crippen MR) is 87.5 cm³/mol. The van der Waals surface area contributed by atoms with Crippen LogP contribution in [0.4, 0.5) is 0 Å². The van der Waals surface area contributed by atoms with Gasteiger partial charge in [-0.25, -0.2) is 0 Å². The summed E-state index contributed by atoms with van der Waals surface area (Å²) in [5.41, 5.74) is 0.517. The molecular weight excluding hydrogens is 328 g/mol. The van der Waals surface area contributed by atoms with Gasteiger partial charge in [-0.05, 0) is 16.7 Å². The molecule has 0 saturated heterocycles. The van der Waals surface area contributed by atoms with Crippen LogP contribution in [-0.2, 0) is 16.1 Å². The SMILES string of the molecule is O=C(CCn1nnc(-c2cccs2)n1)OCC(=O)c1ccccc1. The van der Waals surface area contributed by atoms with Gasteiger partial charge in [0.1, 0.15) is 0 Å². The van der Waals surface area contributed by atoms with Crippen LogP contribution in [0.3, 0.4) is 0 Å². The number of ether oxygens (including phenoxy) is 1. The maximum atomic E-state index is 11.8. The Hall–Kier alpha value is -2.87. The fourth-order valence-electron chi connectivity index (χ4n) is 1.96. The zero-order chi connectivity index (χ0) is 16.8. The molecule has 0 aliphatic heterocycles. The number of hydrogen-bond donors (Lipinski definition) is 0. The van der Waals surface area contributed by atoms with Crippen molar-refractivity contribution in [2.45, 2.75) is 13.0 Å². The third kappa shape index (κ3) is 4.11. The van der Waals surface area contributed by atoms with Crippen LogP contribution >= 0.6 is 11.3 Å². The van der Waals surface area contributed by atoms with Crippen molar-refractivity contribution in [2.24, 2.45) is 0 Å². The lowest BCUT2D eigenvalue weighted by atomic mass is 10.1. The molecule has 0 atom stereocenters. The number of ketones is 1. The zero-order valence-electron chi connectivity index (χ0n) is 12.7. The van der Waals surface area contributed by atoms with E-state index in [1.807, 2.05) is 23.6 Å². The number of hydrogen-bond acceptors (Lipinski definition) is 7. The fourth-order valence-corrected chi connectivity index (χ4v) is 2.61. The highest BCUT2D eigenvalue weighted by molar-refractivity contribution is 7.13. The molecule has 7 nitrogen and oxygen atoms in total. The maximum absolute atomic E-state index is 11.8. The number of esters is 1. The number of aromatic nitrogens is 4. The summed E-state index contributed by atoms with van der Waals surface area (Å²) in [6.45, 7) is -0.0230. The summed E-state index contributed by atoms with van der Waals surface area (Å²) < 4.78 is 4.98. The summed E-state index contributed by atoms with van der Waals surface area (Å²) in [5.74, 6) is -0.185. The number of carbonyl (C=O) groups is 2. The van der Waals surface area contributed by atoms with Crippen LogP contribution in [0, 0.1) is 0 Å². The molecule has 0 amide bonds. The van der Waals surface area contributed by atoms with E-state index in [-0.39, 0.29) is 25.4 Å². The largest absolute Gasteiger partial charge is 0.457 e. The highest BCUT2D eigenvalue weighted by Gasteiger charge is 2.11.